The summed E-state index contributed by atoms with van der Waals surface area (Å²) in [5, 5.41) is 14.1. The minimum absolute atomic E-state index is 0.0703. The lowest BCUT2D eigenvalue weighted by Gasteiger charge is -2.17. The Morgan fingerprint density at radius 2 is 2.24 bits per heavy atom. The molecule has 3 rings (SSSR count). The summed E-state index contributed by atoms with van der Waals surface area (Å²) in [6.07, 6.45) is 5.71. The molecule has 0 spiro atoms. The first-order chi connectivity index (χ1) is 8.16. The summed E-state index contributed by atoms with van der Waals surface area (Å²) in [5.41, 5.74) is 1.33. The predicted molar refractivity (Wildman–Crippen MR) is 63.1 cm³/mol. The fourth-order valence-electron chi connectivity index (χ4n) is 2.63. The summed E-state index contributed by atoms with van der Waals surface area (Å²) in [4.78, 5) is 12.3. The fourth-order valence-corrected chi connectivity index (χ4v) is 2.63. The van der Waals surface area contributed by atoms with Gasteiger partial charge in [0.05, 0.1) is 17.8 Å². The van der Waals surface area contributed by atoms with Crippen molar-refractivity contribution >= 4 is 5.52 Å². The summed E-state index contributed by atoms with van der Waals surface area (Å²) < 4.78 is 3.24. The van der Waals surface area contributed by atoms with Gasteiger partial charge in [-0.3, -0.25) is 4.79 Å². The zero-order valence-electron chi connectivity index (χ0n) is 9.71. The Labute approximate surface area is 98.3 Å². The third-order valence-electron chi connectivity index (χ3n) is 3.48. The average molecular weight is 233 g/mol. The lowest BCUT2D eigenvalue weighted by molar-refractivity contribution is 0.134. The van der Waals surface area contributed by atoms with Crippen molar-refractivity contribution < 1.29 is 5.11 Å². The number of hydrogen-bond acceptors (Lipinski definition) is 3. The normalized spacial score (nSPS) is 24.6. The van der Waals surface area contributed by atoms with Crippen LogP contribution in [-0.2, 0) is 0 Å². The quantitative estimate of drug-likeness (QED) is 0.795. The topological polar surface area (TPSA) is 59.5 Å². The number of aromatic nitrogens is 3. The van der Waals surface area contributed by atoms with Crippen LogP contribution in [0.2, 0.25) is 0 Å². The first-order valence-electron chi connectivity index (χ1n) is 5.92. The van der Waals surface area contributed by atoms with Gasteiger partial charge in [0, 0.05) is 12.4 Å². The molecule has 0 amide bonds. The molecule has 0 aromatic carbocycles. The molecule has 2 heterocycles. The Morgan fingerprint density at radius 3 is 2.94 bits per heavy atom. The highest BCUT2D eigenvalue weighted by Gasteiger charge is 2.27. The van der Waals surface area contributed by atoms with Crippen molar-refractivity contribution in [1.29, 1.82) is 0 Å². The Hall–Kier alpha value is -1.62. The fraction of sp³-hybridized carbons (Fsp3) is 0.500. The molecule has 5 heteroatoms. The van der Waals surface area contributed by atoms with Crippen LogP contribution in [-0.4, -0.2) is 25.4 Å². The Kier molecular flexibility index (Phi) is 2.29. The second-order valence-electron chi connectivity index (χ2n) is 4.69. The molecule has 90 valence electrons. The summed E-state index contributed by atoms with van der Waals surface area (Å²) >= 11 is 0. The largest absolute Gasteiger partial charge is 0.391 e. The highest BCUT2D eigenvalue weighted by atomic mass is 16.3. The molecule has 1 N–H and O–H groups in total. The molecule has 2 atom stereocenters. The van der Waals surface area contributed by atoms with Gasteiger partial charge in [-0.1, -0.05) is 0 Å². The second kappa shape index (κ2) is 3.70. The maximum Gasteiger partial charge on any atom is 0.276 e. The molecule has 1 aliphatic rings. The van der Waals surface area contributed by atoms with Gasteiger partial charge in [-0.15, -0.1) is 0 Å². The van der Waals surface area contributed by atoms with Crippen LogP contribution in [0.25, 0.3) is 5.52 Å². The van der Waals surface area contributed by atoms with Crippen LogP contribution in [0.3, 0.4) is 0 Å². The first kappa shape index (κ1) is 10.5. The number of aliphatic hydroxyl groups excluding tert-OH is 1. The molecule has 0 bridgehead atoms. The van der Waals surface area contributed by atoms with Crippen LogP contribution in [0.15, 0.2) is 23.3 Å². The molecule has 1 aliphatic carbocycles. The molecule has 0 saturated heterocycles. The van der Waals surface area contributed by atoms with E-state index in [4.69, 9.17) is 0 Å². The zero-order valence-corrected chi connectivity index (χ0v) is 9.71. The summed E-state index contributed by atoms with van der Waals surface area (Å²) in [7, 11) is 0. The van der Waals surface area contributed by atoms with Crippen molar-refractivity contribution in [2.75, 3.05) is 0 Å². The van der Waals surface area contributed by atoms with E-state index in [0.29, 0.717) is 5.52 Å². The minimum atomic E-state index is -0.404. The Balaban J connectivity index is 2.17. The van der Waals surface area contributed by atoms with Crippen molar-refractivity contribution in [3.05, 3.63) is 34.5 Å². The SMILES string of the molecule is Cc1cc2c(=O)n([C@H]3CCC[C@@H]3O)ccn2n1. The van der Waals surface area contributed by atoms with Gasteiger partial charge in [0.25, 0.3) is 5.56 Å². The molecular formula is C12H15N3O2. The van der Waals surface area contributed by atoms with Crippen LogP contribution < -0.4 is 5.56 Å². The average Bonchev–Trinajstić information content (AvgIpc) is 2.85. The Morgan fingerprint density at radius 1 is 1.41 bits per heavy atom. The molecule has 2 aromatic heterocycles. The van der Waals surface area contributed by atoms with Crippen LogP contribution in [0.1, 0.15) is 31.0 Å². The molecule has 1 saturated carbocycles. The summed E-state index contributed by atoms with van der Waals surface area (Å²) in [6.45, 7) is 1.86. The maximum atomic E-state index is 12.3. The molecule has 0 aliphatic heterocycles. The van der Waals surface area contributed by atoms with Gasteiger partial charge in [-0.25, -0.2) is 4.52 Å². The van der Waals surface area contributed by atoms with E-state index in [0.717, 1.165) is 25.0 Å². The van der Waals surface area contributed by atoms with Crippen LogP contribution in [0.5, 0.6) is 0 Å². The lowest BCUT2D eigenvalue weighted by atomic mass is 10.2. The van der Waals surface area contributed by atoms with Gasteiger partial charge < -0.3 is 9.67 Å². The van der Waals surface area contributed by atoms with E-state index >= 15 is 0 Å². The van der Waals surface area contributed by atoms with Crippen LogP contribution >= 0.6 is 0 Å². The highest BCUT2D eigenvalue weighted by molar-refractivity contribution is 5.45. The number of aliphatic hydroxyl groups is 1. The third-order valence-corrected chi connectivity index (χ3v) is 3.48. The van der Waals surface area contributed by atoms with Crippen molar-refractivity contribution in [3.8, 4) is 0 Å². The Bertz CT molecular complexity index is 614. The van der Waals surface area contributed by atoms with Gasteiger partial charge in [-0.2, -0.15) is 5.10 Å². The molecule has 0 radical (unpaired) electrons. The zero-order chi connectivity index (χ0) is 12.0. The molecule has 0 unspecified atom stereocenters. The van der Waals surface area contributed by atoms with E-state index in [1.807, 2.05) is 6.92 Å². The second-order valence-corrected chi connectivity index (χ2v) is 4.69. The summed E-state index contributed by atoms with van der Waals surface area (Å²) in [5.74, 6) is 0. The van der Waals surface area contributed by atoms with E-state index in [1.165, 1.54) is 0 Å². The molecular weight excluding hydrogens is 218 g/mol. The van der Waals surface area contributed by atoms with E-state index in [1.54, 1.807) is 27.5 Å². The van der Waals surface area contributed by atoms with E-state index in [2.05, 4.69) is 5.10 Å². The molecule has 2 aromatic rings. The number of aryl methyl sites for hydroxylation is 1. The number of nitrogens with zero attached hydrogens (tertiary/aromatic N) is 3. The lowest BCUT2D eigenvalue weighted by Crippen LogP contribution is -2.29. The van der Waals surface area contributed by atoms with Gasteiger partial charge in [0.2, 0.25) is 0 Å². The smallest absolute Gasteiger partial charge is 0.276 e. The van der Waals surface area contributed by atoms with Crippen molar-refractivity contribution in [1.82, 2.24) is 14.2 Å². The monoisotopic (exact) mass is 233 g/mol. The molecule has 5 nitrogen and oxygen atoms in total. The summed E-state index contributed by atoms with van der Waals surface area (Å²) in [6, 6.07) is 1.70. The third kappa shape index (κ3) is 1.58. The number of fused-ring (bicyclic) bond motifs is 1. The van der Waals surface area contributed by atoms with E-state index < -0.39 is 6.10 Å². The highest BCUT2D eigenvalue weighted by Crippen LogP contribution is 2.28. The first-order valence-corrected chi connectivity index (χ1v) is 5.92. The van der Waals surface area contributed by atoms with Gasteiger partial charge in [-0.05, 0) is 32.3 Å². The predicted octanol–water partition coefficient (Wildman–Crippen LogP) is 0.890. The van der Waals surface area contributed by atoms with Gasteiger partial charge in [0.15, 0.2) is 0 Å². The molecule has 17 heavy (non-hydrogen) atoms. The standard InChI is InChI=1S/C12H15N3O2/c1-8-7-10-12(17)14(5-6-15(10)13-8)9-3-2-4-11(9)16/h5-7,9,11,16H,2-4H2,1H3/t9-,11-/m0/s1. The number of hydrogen-bond donors (Lipinski definition) is 1. The minimum Gasteiger partial charge on any atom is -0.391 e. The molecule has 1 fully saturated rings. The van der Waals surface area contributed by atoms with Crippen molar-refractivity contribution in [3.63, 3.8) is 0 Å². The van der Waals surface area contributed by atoms with E-state index in [-0.39, 0.29) is 11.6 Å². The van der Waals surface area contributed by atoms with Crippen molar-refractivity contribution in [2.24, 2.45) is 0 Å². The van der Waals surface area contributed by atoms with Gasteiger partial charge in [0.1, 0.15) is 5.52 Å². The van der Waals surface area contributed by atoms with Gasteiger partial charge >= 0.3 is 0 Å². The van der Waals surface area contributed by atoms with E-state index in [9.17, 15) is 9.90 Å². The number of rotatable bonds is 1. The van der Waals surface area contributed by atoms with Crippen LogP contribution in [0.4, 0.5) is 0 Å². The van der Waals surface area contributed by atoms with Crippen molar-refractivity contribution in [2.45, 2.75) is 38.3 Å². The van der Waals surface area contributed by atoms with Crippen LogP contribution in [0, 0.1) is 6.92 Å². The maximum absolute atomic E-state index is 12.3.